The molecule has 4 rings (SSSR count). The van der Waals surface area contributed by atoms with Gasteiger partial charge in [0.15, 0.2) is 0 Å². The minimum absolute atomic E-state index is 0.328. The van der Waals surface area contributed by atoms with Crippen LogP contribution in [0.5, 0.6) is 0 Å². The fraction of sp³-hybridized carbons (Fsp3) is 0.412. The van der Waals surface area contributed by atoms with Gasteiger partial charge in [0.2, 0.25) is 11.8 Å². The van der Waals surface area contributed by atoms with Gasteiger partial charge in [0, 0.05) is 43.3 Å². The first-order valence-corrected chi connectivity index (χ1v) is 8.94. The van der Waals surface area contributed by atoms with E-state index in [0.717, 1.165) is 43.3 Å². The lowest BCUT2D eigenvalue weighted by Gasteiger charge is -2.33. The first kappa shape index (κ1) is 17.3. The van der Waals surface area contributed by atoms with E-state index in [-0.39, 0.29) is 0 Å². The highest BCUT2D eigenvalue weighted by molar-refractivity contribution is 5.46. The van der Waals surface area contributed by atoms with E-state index in [2.05, 4.69) is 45.3 Å². The Morgan fingerprint density at radius 2 is 2.07 bits per heavy atom. The Morgan fingerprint density at radius 3 is 2.81 bits per heavy atom. The van der Waals surface area contributed by atoms with Crippen LogP contribution in [-0.4, -0.2) is 54.2 Å². The molecule has 27 heavy (non-hydrogen) atoms. The lowest BCUT2D eigenvalue weighted by atomic mass is 10.1. The minimum atomic E-state index is 0.328. The van der Waals surface area contributed by atoms with Crippen molar-refractivity contribution in [2.24, 2.45) is 0 Å². The standard InChI is InChI=1S/C17H22N10/c1-11-8-15(24-17(18)22-11)27-6-2-12(3-7-27)21-10-14-23-16(26-25-14)13-9-19-4-5-20-13/h4-5,8-9,12,21H,2-3,6-7,10H2,1H3,(H2,18,22,24)(H,23,25,26). The van der Waals surface area contributed by atoms with Gasteiger partial charge in [-0.2, -0.15) is 10.1 Å². The van der Waals surface area contributed by atoms with Gasteiger partial charge in [-0.05, 0) is 19.8 Å². The Morgan fingerprint density at radius 1 is 1.22 bits per heavy atom. The fourth-order valence-corrected chi connectivity index (χ4v) is 3.19. The summed E-state index contributed by atoms with van der Waals surface area (Å²) in [5, 5.41) is 10.7. The zero-order chi connectivity index (χ0) is 18.6. The van der Waals surface area contributed by atoms with Crippen molar-refractivity contribution in [3.63, 3.8) is 0 Å². The van der Waals surface area contributed by atoms with Crippen LogP contribution in [0.1, 0.15) is 24.4 Å². The molecule has 1 aliphatic rings. The summed E-state index contributed by atoms with van der Waals surface area (Å²) in [6, 6.07) is 2.40. The third kappa shape index (κ3) is 4.17. The van der Waals surface area contributed by atoms with Crippen LogP contribution in [0.2, 0.25) is 0 Å². The fourth-order valence-electron chi connectivity index (χ4n) is 3.19. The molecule has 0 amide bonds. The summed E-state index contributed by atoms with van der Waals surface area (Å²) in [5.74, 6) is 2.58. The van der Waals surface area contributed by atoms with Crippen molar-refractivity contribution in [3.05, 3.63) is 36.2 Å². The molecule has 3 aromatic rings. The van der Waals surface area contributed by atoms with Gasteiger partial charge >= 0.3 is 0 Å². The van der Waals surface area contributed by atoms with Gasteiger partial charge in [0.05, 0.1) is 12.7 Å². The monoisotopic (exact) mass is 366 g/mol. The van der Waals surface area contributed by atoms with E-state index in [4.69, 9.17) is 5.73 Å². The first-order chi connectivity index (χ1) is 13.2. The highest BCUT2D eigenvalue weighted by atomic mass is 15.2. The van der Waals surface area contributed by atoms with Gasteiger partial charge in [-0.3, -0.25) is 10.1 Å². The number of hydrogen-bond acceptors (Lipinski definition) is 9. The molecule has 1 fully saturated rings. The third-order valence-corrected chi connectivity index (χ3v) is 4.56. The van der Waals surface area contributed by atoms with Crippen LogP contribution in [-0.2, 0) is 6.54 Å². The Kier molecular flexibility index (Phi) is 4.88. The average molecular weight is 366 g/mol. The van der Waals surface area contributed by atoms with Crippen molar-refractivity contribution in [2.45, 2.75) is 32.4 Å². The number of nitrogens with one attached hydrogen (secondary N) is 2. The van der Waals surface area contributed by atoms with Crippen molar-refractivity contribution in [1.29, 1.82) is 0 Å². The Balaban J connectivity index is 1.29. The molecular weight excluding hydrogens is 344 g/mol. The van der Waals surface area contributed by atoms with Gasteiger partial charge in [-0.25, -0.2) is 15.0 Å². The molecule has 0 spiro atoms. The maximum atomic E-state index is 5.76. The first-order valence-electron chi connectivity index (χ1n) is 8.94. The molecule has 140 valence electrons. The molecule has 0 atom stereocenters. The SMILES string of the molecule is Cc1cc(N2CCC(NCc3nc(-c4cnccn4)n[nH]3)CC2)nc(N)n1. The number of aromatic amines is 1. The summed E-state index contributed by atoms with van der Waals surface area (Å²) in [6.45, 7) is 4.42. The zero-order valence-corrected chi connectivity index (χ0v) is 15.1. The molecule has 0 aromatic carbocycles. The molecule has 1 saturated heterocycles. The average Bonchev–Trinajstić information content (AvgIpc) is 3.16. The highest BCUT2D eigenvalue weighted by Gasteiger charge is 2.21. The van der Waals surface area contributed by atoms with Gasteiger partial charge in [-0.15, -0.1) is 0 Å². The molecule has 4 N–H and O–H groups in total. The molecule has 3 aromatic heterocycles. The highest BCUT2D eigenvalue weighted by Crippen LogP contribution is 2.19. The van der Waals surface area contributed by atoms with Crippen molar-refractivity contribution < 1.29 is 0 Å². The maximum absolute atomic E-state index is 5.76. The smallest absolute Gasteiger partial charge is 0.222 e. The Bertz CT molecular complexity index is 865. The lowest BCUT2D eigenvalue weighted by molar-refractivity contribution is 0.408. The Hall–Kier alpha value is -3.14. The van der Waals surface area contributed by atoms with Crippen molar-refractivity contribution in [1.82, 2.24) is 40.4 Å². The summed E-state index contributed by atoms with van der Waals surface area (Å²) < 4.78 is 0. The predicted molar refractivity (Wildman–Crippen MR) is 101 cm³/mol. The predicted octanol–water partition coefficient (Wildman–Crippen LogP) is 0.701. The molecule has 1 aliphatic heterocycles. The quantitative estimate of drug-likeness (QED) is 0.596. The third-order valence-electron chi connectivity index (χ3n) is 4.56. The number of aromatic nitrogens is 7. The topological polar surface area (TPSA) is 134 Å². The van der Waals surface area contributed by atoms with Crippen LogP contribution in [0.4, 0.5) is 11.8 Å². The summed E-state index contributed by atoms with van der Waals surface area (Å²) >= 11 is 0. The van der Waals surface area contributed by atoms with E-state index in [0.29, 0.717) is 30.1 Å². The number of nitrogens with two attached hydrogens (primary N) is 1. The number of nitrogen functional groups attached to an aromatic ring is 1. The van der Waals surface area contributed by atoms with Crippen LogP contribution in [0, 0.1) is 6.92 Å². The van der Waals surface area contributed by atoms with E-state index in [1.165, 1.54) is 0 Å². The largest absolute Gasteiger partial charge is 0.368 e. The van der Waals surface area contributed by atoms with Crippen LogP contribution in [0.25, 0.3) is 11.5 Å². The van der Waals surface area contributed by atoms with E-state index in [1.807, 2.05) is 13.0 Å². The van der Waals surface area contributed by atoms with E-state index >= 15 is 0 Å². The molecule has 0 saturated carbocycles. The molecule has 0 unspecified atom stereocenters. The second kappa shape index (κ2) is 7.62. The van der Waals surface area contributed by atoms with Crippen LogP contribution >= 0.6 is 0 Å². The molecule has 10 nitrogen and oxygen atoms in total. The van der Waals surface area contributed by atoms with Crippen molar-refractivity contribution in [3.8, 4) is 11.5 Å². The minimum Gasteiger partial charge on any atom is -0.368 e. The number of H-pyrrole nitrogens is 1. The van der Waals surface area contributed by atoms with E-state index in [9.17, 15) is 0 Å². The van der Waals surface area contributed by atoms with Gasteiger partial charge in [-0.1, -0.05) is 0 Å². The summed E-state index contributed by atoms with van der Waals surface area (Å²) in [5.41, 5.74) is 7.31. The second-order valence-electron chi connectivity index (χ2n) is 6.56. The molecule has 4 heterocycles. The Labute approximate surface area is 156 Å². The van der Waals surface area contributed by atoms with Crippen LogP contribution in [0.15, 0.2) is 24.7 Å². The summed E-state index contributed by atoms with van der Waals surface area (Å²) in [4.78, 5) is 23.5. The number of nitrogens with zero attached hydrogens (tertiary/aromatic N) is 7. The molecule has 0 radical (unpaired) electrons. The number of aryl methyl sites for hydroxylation is 1. The molecule has 0 aliphatic carbocycles. The molecular formula is C17H22N10. The van der Waals surface area contributed by atoms with Gasteiger partial charge in [0.1, 0.15) is 17.3 Å². The molecule has 0 bridgehead atoms. The summed E-state index contributed by atoms with van der Waals surface area (Å²) in [6.07, 6.45) is 6.95. The maximum Gasteiger partial charge on any atom is 0.222 e. The number of rotatable bonds is 5. The van der Waals surface area contributed by atoms with Gasteiger partial charge < -0.3 is 16.0 Å². The van der Waals surface area contributed by atoms with Crippen LogP contribution in [0.3, 0.4) is 0 Å². The normalized spacial score (nSPS) is 15.2. The number of anilines is 2. The zero-order valence-electron chi connectivity index (χ0n) is 15.1. The van der Waals surface area contributed by atoms with Crippen LogP contribution < -0.4 is 16.0 Å². The van der Waals surface area contributed by atoms with Crippen molar-refractivity contribution >= 4 is 11.8 Å². The summed E-state index contributed by atoms with van der Waals surface area (Å²) in [7, 11) is 0. The van der Waals surface area contributed by atoms with E-state index < -0.39 is 0 Å². The molecule has 10 heteroatoms. The van der Waals surface area contributed by atoms with E-state index in [1.54, 1.807) is 18.6 Å². The number of piperidine rings is 1. The second-order valence-corrected chi connectivity index (χ2v) is 6.56. The number of hydrogen-bond donors (Lipinski definition) is 3. The van der Waals surface area contributed by atoms with Crippen molar-refractivity contribution in [2.75, 3.05) is 23.7 Å². The lowest BCUT2D eigenvalue weighted by Crippen LogP contribution is -2.42. The van der Waals surface area contributed by atoms with Gasteiger partial charge in [0.25, 0.3) is 0 Å².